The van der Waals surface area contributed by atoms with Crippen LogP contribution in [0.1, 0.15) is 48.1 Å². The van der Waals surface area contributed by atoms with Gasteiger partial charge in [0, 0.05) is 5.69 Å². The van der Waals surface area contributed by atoms with E-state index in [9.17, 15) is 4.79 Å². The van der Waals surface area contributed by atoms with Gasteiger partial charge in [-0.25, -0.2) is 0 Å². The molecule has 0 fully saturated rings. The maximum Gasteiger partial charge on any atom is 0.291 e. The molecule has 1 atom stereocenters. The molecule has 0 bridgehead atoms. The Morgan fingerprint density at radius 2 is 2.00 bits per heavy atom. The average Bonchev–Trinajstić information content (AvgIpc) is 2.85. The van der Waals surface area contributed by atoms with Crippen molar-refractivity contribution in [1.29, 1.82) is 0 Å². The lowest BCUT2D eigenvalue weighted by Gasteiger charge is -2.15. The molecule has 1 aromatic carbocycles. The Bertz CT molecular complexity index is 572. The van der Waals surface area contributed by atoms with Crippen LogP contribution in [0.15, 0.2) is 40.8 Å². The van der Waals surface area contributed by atoms with Gasteiger partial charge in [0.05, 0.1) is 0 Å². The van der Waals surface area contributed by atoms with Crippen LogP contribution in [0.5, 0.6) is 0 Å². The molecule has 1 N–H and O–H groups in total. The Kier molecular flexibility index (Phi) is 4.05. The quantitative estimate of drug-likeness (QED) is 0.884. The summed E-state index contributed by atoms with van der Waals surface area (Å²) in [5.41, 5.74) is 2.01. The van der Waals surface area contributed by atoms with E-state index in [1.165, 1.54) is 0 Å². The van der Waals surface area contributed by atoms with Crippen LogP contribution in [0.2, 0.25) is 0 Å². The lowest BCUT2D eigenvalue weighted by molar-refractivity contribution is 0.0995. The van der Waals surface area contributed by atoms with Gasteiger partial charge in [-0.3, -0.25) is 4.79 Å². The molecule has 0 spiro atoms. The van der Waals surface area contributed by atoms with E-state index in [1.54, 1.807) is 12.1 Å². The van der Waals surface area contributed by atoms with Crippen LogP contribution in [0.25, 0.3) is 0 Å². The Morgan fingerprint density at radius 1 is 1.26 bits per heavy atom. The summed E-state index contributed by atoms with van der Waals surface area (Å²) in [6, 6.07) is 11.4. The molecule has 3 heteroatoms. The predicted octanol–water partition coefficient (Wildman–Crippen LogP) is 4.35. The lowest BCUT2D eigenvalue weighted by atomic mass is 9.97. The number of hydrogen-bond acceptors (Lipinski definition) is 2. The van der Waals surface area contributed by atoms with Crippen molar-refractivity contribution in [3.05, 3.63) is 53.5 Å². The molecule has 2 rings (SSSR count). The highest BCUT2D eigenvalue weighted by molar-refractivity contribution is 6.02. The molecule has 1 heterocycles. The van der Waals surface area contributed by atoms with Crippen LogP contribution in [0, 0.1) is 6.92 Å². The number of nitrogens with one attached hydrogen (secondary N) is 1. The topological polar surface area (TPSA) is 42.2 Å². The standard InChI is InChI=1S/C16H19NO2/c1-4-11(2)13-7-5-6-8-14(13)17-16(18)15-10-9-12(3)19-15/h5-11H,4H2,1-3H3,(H,17,18)/t11-/m0/s1. The van der Waals surface area contributed by atoms with Gasteiger partial charge in [-0.15, -0.1) is 0 Å². The maximum absolute atomic E-state index is 12.1. The largest absolute Gasteiger partial charge is 0.456 e. The number of rotatable bonds is 4. The third-order valence-corrected chi connectivity index (χ3v) is 3.32. The van der Waals surface area contributed by atoms with Crippen LogP contribution in [-0.2, 0) is 0 Å². The lowest BCUT2D eigenvalue weighted by Crippen LogP contribution is -2.13. The van der Waals surface area contributed by atoms with Gasteiger partial charge in [0.2, 0.25) is 0 Å². The Labute approximate surface area is 113 Å². The molecule has 2 aromatic rings. The third kappa shape index (κ3) is 3.05. The molecular weight excluding hydrogens is 238 g/mol. The summed E-state index contributed by atoms with van der Waals surface area (Å²) in [5.74, 6) is 1.29. The van der Waals surface area contributed by atoms with E-state index >= 15 is 0 Å². The number of anilines is 1. The van der Waals surface area contributed by atoms with Gasteiger partial charge in [0.15, 0.2) is 5.76 Å². The zero-order valence-corrected chi connectivity index (χ0v) is 11.6. The van der Waals surface area contributed by atoms with Gasteiger partial charge in [0.25, 0.3) is 5.91 Å². The van der Waals surface area contributed by atoms with Crippen molar-refractivity contribution in [3.8, 4) is 0 Å². The smallest absolute Gasteiger partial charge is 0.291 e. The summed E-state index contributed by atoms with van der Waals surface area (Å²) in [7, 11) is 0. The Morgan fingerprint density at radius 3 is 2.63 bits per heavy atom. The van der Waals surface area contributed by atoms with E-state index in [0.717, 1.165) is 23.4 Å². The van der Waals surface area contributed by atoms with E-state index in [2.05, 4.69) is 25.2 Å². The van der Waals surface area contributed by atoms with E-state index < -0.39 is 0 Å². The van der Waals surface area contributed by atoms with Crippen molar-refractivity contribution < 1.29 is 9.21 Å². The van der Waals surface area contributed by atoms with Crippen LogP contribution < -0.4 is 5.32 Å². The number of aryl methyl sites for hydroxylation is 1. The molecule has 0 aliphatic rings. The number of carbonyl (C=O) groups excluding carboxylic acids is 1. The molecule has 100 valence electrons. The van der Waals surface area contributed by atoms with Gasteiger partial charge in [-0.05, 0) is 43.0 Å². The first-order chi connectivity index (χ1) is 9.11. The van der Waals surface area contributed by atoms with Crippen molar-refractivity contribution in [2.45, 2.75) is 33.1 Å². The minimum absolute atomic E-state index is 0.205. The predicted molar refractivity (Wildman–Crippen MR) is 76.5 cm³/mol. The molecule has 1 amide bonds. The van der Waals surface area contributed by atoms with E-state index in [4.69, 9.17) is 4.42 Å². The second kappa shape index (κ2) is 5.74. The van der Waals surface area contributed by atoms with Gasteiger partial charge < -0.3 is 9.73 Å². The SMILES string of the molecule is CC[C@H](C)c1ccccc1NC(=O)c1ccc(C)o1. The highest BCUT2D eigenvalue weighted by Gasteiger charge is 2.14. The number of carbonyl (C=O) groups is 1. The fraction of sp³-hybridized carbons (Fsp3) is 0.312. The first kappa shape index (κ1) is 13.4. The van der Waals surface area contributed by atoms with Gasteiger partial charge >= 0.3 is 0 Å². The van der Waals surface area contributed by atoms with Crippen molar-refractivity contribution >= 4 is 11.6 Å². The second-order valence-electron chi connectivity index (χ2n) is 4.76. The fourth-order valence-electron chi connectivity index (χ4n) is 2.00. The number of para-hydroxylation sites is 1. The van der Waals surface area contributed by atoms with E-state index in [0.29, 0.717) is 11.7 Å². The summed E-state index contributed by atoms with van der Waals surface area (Å²) in [6.45, 7) is 6.12. The molecule has 0 aliphatic carbocycles. The van der Waals surface area contributed by atoms with E-state index in [-0.39, 0.29) is 5.91 Å². The summed E-state index contributed by atoms with van der Waals surface area (Å²) < 4.78 is 5.33. The van der Waals surface area contributed by atoms with Crippen LogP contribution in [0.4, 0.5) is 5.69 Å². The summed E-state index contributed by atoms with van der Waals surface area (Å²) >= 11 is 0. The molecule has 1 aromatic heterocycles. The highest BCUT2D eigenvalue weighted by atomic mass is 16.3. The monoisotopic (exact) mass is 257 g/mol. The molecule has 0 saturated heterocycles. The summed E-state index contributed by atoms with van der Waals surface area (Å²) in [4.78, 5) is 12.1. The van der Waals surface area contributed by atoms with Gasteiger partial charge in [-0.1, -0.05) is 32.0 Å². The number of furan rings is 1. The molecule has 0 saturated carbocycles. The minimum Gasteiger partial charge on any atom is -0.456 e. The minimum atomic E-state index is -0.205. The highest BCUT2D eigenvalue weighted by Crippen LogP contribution is 2.26. The van der Waals surface area contributed by atoms with E-state index in [1.807, 2.05) is 25.1 Å². The fourth-order valence-corrected chi connectivity index (χ4v) is 2.00. The summed E-state index contributed by atoms with van der Waals surface area (Å²) in [5, 5.41) is 2.92. The van der Waals surface area contributed by atoms with Crippen molar-refractivity contribution in [3.63, 3.8) is 0 Å². The van der Waals surface area contributed by atoms with Gasteiger partial charge in [0.1, 0.15) is 5.76 Å². The Balaban J connectivity index is 2.21. The first-order valence-electron chi connectivity index (χ1n) is 6.58. The molecule has 0 radical (unpaired) electrons. The van der Waals surface area contributed by atoms with Crippen molar-refractivity contribution in [2.24, 2.45) is 0 Å². The zero-order valence-electron chi connectivity index (χ0n) is 11.6. The maximum atomic E-state index is 12.1. The molecule has 0 aliphatic heterocycles. The zero-order chi connectivity index (χ0) is 13.8. The Hall–Kier alpha value is -2.03. The molecule has 0 unspecified atom stereocenters. The van der Waals surface area contributed by atoms with Crippen molar-refractivity contribution in [1.82, 2.24) is 0 Å². The van der Waals surface area contributed by atoms with Crippen molar-refractivity contribution in [2.75, 3.05) is 5.32 Å². The van der Waals surface area contributed by atoms with Gasteiger partial charge in [-0.2, -0.15) is 0 Å². The summed E-state index contributed by atoms with van der Waals surface area (Å²) in [6.07, 6.45) is 1.03. The molecular formula is C16H19NO2. The number of benzene rings is 1. The van der Waals surface area contributed by atoms with Crippen LogP contribution in [0.3, 0.4) is 0 Å². The second-order valence-corrected chi connectivity index (χ2v) is 4.76. The van der Waals surface area contributed by atoms with Crippen LogP contribution in [-0.4, -0.2) is 5.91 Å². The molecule has 3 nitrogen and oxygen atoms in total. The van der Waals surface area contributed by atoms with Crippen LogP contribution >= 0.6 is 0 Å². The number of hydrogen-bond donors (Lipinski definition) is 1. The number of amides is 1. The average molecular weight is 257 g/mol. The third-order valence-electron chi connectivity index (χ3n) is 3.32. The first-order valence-corrected chi connectivity index (χ1v) is 6.58. The molecule has 19 heavy (non-hydrogen) atoms. The normalized spacial score (nSPS) is 12.2.